The number of carbonyl (C=O) groups is 4. The molecule has 0 spiro atoms. The Balaban J connectivity index is 1.82. The number of nitrogens with zero attached hydrogens (tertiary/aromatic N) is 2. The van der Waals surface area contributed by atoms with E-state index >= 15 is 0 Å². The molecule has 4 atom stereocenters. The number of imide groups is 1. The number of likely N-dealkylation sites (tertiary alicyclic amines) is 1. The number of hydrogen-bond donors (Lipinski definition) is 2. The molecule has 0 aliphatic carbocycles. The van der Waals surface area contributed by atoms with Gasteiger partial charge in [0.1, 0.15) is 5.54 Å². The maximum Gasteiger partial charge on any atom is 0.416 e. The van der Waals surface area contributed by atoms with Gasteiger partial charge in [-0.05, 0) is 37.6 Å². The third kappa shape index (κ3) is 4.22. The Hall–Kier alpha value is -3.15. The molecule has 1 aromatic rings. The van der Waals surface area contributed by atoms with Gasteiger partial charge in [0, 0.05) is 31.9 Å². The molecule has 34 heavy (non-hydrogen) atoms. The fraction of sp³-hybridized carbons (Fsp3) is 0.545. The monoisotopic (exact) mass is 484 g/mol. The van der Waals surface area contributed by atoms with Crippen LogP contribution in [-0.4, -0.2) is 72.4 Å². The Morgan fingerprint density at radius 1 is 1.18 bits per heavy atom. The van der Waals surface area contributed by atoms with E-state index in [9.17, 15) is 32.3 Å². The van der Waals surface area contributed by atoms with Crippen LogP contribution in [0.25, 0.3) is 0 Å². The number of urea groups is 1. The first kappa shape index (κ1) is 25.5. The second kappa shape index (κ2) is 9.24. The minimum Gasteiger partial charge on any atom is -0.468 e. The van der Waals surface area contributed by atoms with Crippen LogP contribution in [-0.2, 0) is 25.3 Å². The van der Waals surface area contributed by atoms with Crippen LogP contribution in [0.1, 0.15) is 25.8 Å². The van der Waals surface area contributed by atoms with Crippen LogP contribution in [0.3, 0.4) is 0 Å². The topological polar surface area (TPSA) is 108 Å². The molecule has 0 saturated carbocycles. The quantitative estimate of drug-likeness (QED) is 0.473. The smallest absolute Gasteiger partial charge is 0.416 e. The molecule has 2 aliphatic rings. The highest BCUT2D eigenvalue weighted by Crippen LogP contribution is 2.44. The summed E-state index contributed by atoms with van der Waals surface area (Å²) in [6.07, 6.45) is -4.30. The fourth-order valence-electron chi connectivity index (χ4n) is 4.80. The van der Waals surface area contributed by atoms with Crippen molar-refractivity contribution in [1.82, 2.24) is 15.1 Å². The Kier molecular flexibility index (Phi) is 6.92. The van der Waals surface area contributed by atoms with Crippen LogP contribution in [0, 0.1) is 11.8 Å². The van der Waals surface area contributed by atoms with Crippen LogP contribution >= 0.6 is 0 Å². The van der Waals surface area contributed by atoms with Crippen LogP contribution in [0.15, 0.2) is 24.3 Å². The van der Waals surface area contributed by atoms with Gasteiger partial charge in [0.05, 0.1) is 24.5 Å². The number of ether oxygens (including phenoxy) is 1. The summed E-state index contributed by atoms with van der Waals surface area (Å²) in [7, 11) is 2.55. The van der Waals surface area contributed by atoms with E-state index in [0.29, 0.717) is 0 Å². The van der Waals surface area contributed by atoms with E-state index in [1.54, 1.807) is 13.8 Å². The number of amides is 4. The highest BCUT2D eigenvalue weighted by atomic mass is 19.4. The Labute approximate surface area is 194 Å². The van der Waals surface area contributed by atoms with Crippen molar-refractivity contribution in [2.45, 2.75) is 38.0 Å². The highest BCUT2D eigenvalue weighted by Gasteiger charge is 2.67. The molecule has 0 bridgehead atoms. The third-order valence-corrected chi connectivity index (χ3v) is 6.64. The van der Waals surface area contributed by atoms with Crippen LogP contribution < -0.4 is 10.6 Å². The minimum absolute atomic E-state index is 0.0181. The van der Waals surface area contributed by atoms with Crippen molar-refractivity contribution < 1.29 is 37.1 Å². The molecule has 0 radical (unpaired) electrons. The lowest BCUT2D eigenvalue weighted by molar-refractivity contribution is -0.154. The fourth-order valence-corrected chi connectivity index (χ4v) is 4.80. The normalized spacial score (nSPS) is 26.4. The molecular formula is C22H27F3N4O5. The second-order valence-electron chi connectivity index (χ2n) is 8.35. The van der Waals surface area contributed by atoms with E-state index < -0.39 is 59.0 Å². The Bertz CT molecular complexity index is 984. The number of alkyl halides is 3. The van der Waals surface area contributed by atoms with Crippen molar-refractivity contribution >= 4 is 29.5 Å². The van der Waals surface area contributed by atoms with E-state index in [2.05, 4.69) is 10.6 Å². The number of methoxy groups -OCH3 is 1. The van der Waals surface area contributed by atoms with Crippen molar-refractivity contribution in [3.05, 3.63) is 29.8 Å². The molecule has 3 rings (SSSR count). The molecule has 1 aromatic carbocycles. The van der Waals surface area contributed by atoms with Crippen molar-refractivity contribution in [3.8, 4) is 0 Å². The summed E-state index contributed by atoms with van der Waals surface area (Å²) in [5, 5.41) is 5.65. The zero-order valence-electron chi connectivity index (χ0n) is 19.2. The van der Waals surface area contributed by atoms with Gasteiger partial charge in [-0.2, -0.15) is 13.2 Å². The SMILES string of the molecule is CCN(C[C@H]1N[C@@](CC)(C(=O)OC)[C@H]2C(=O)N(C)C(=O)[C@@H]12)C(=O)Nc1ccc(C(F)(F)F)cc1. The van der Waals surface area contributed by atoms with E-state index in [4.69, 9.17) is 4.74 Å². The summed E-state index contributed by atoms with van der Waals surface area (Å²) < 4.78 is 43.2. The zero-order chi connectivity index (χ0) is 25.4. The van der Waals surface area contributed by atoms with Gasteiger partial charge < -0.3 is 15.0 Å². The zero-order valence-corrected chi connectivity index (χ0v) is 19.2. The van der Waals surface area contributed by atoms with Gasteiger partial charge in [-0.15, -0.1) is 0 Å². The summed E-state index contributed by atoms with van der Waals surface area (Å²) in [6.45, 7) is 3.58. The number of nitrogens with one attached hydrogen (secondary N) is 2. The molecule has 2 saturated heterocycles. The first-order valence-electron chi connectivity index (χ1n) is 10.8. The molecule has 2 N–H and O–H groups in total. The molecule has 9 nitrogen and oxygen atoms in total. The highest BCUT2D eigenvalue weighted by molar-refractivity contribution is 6.09. The van der Waals surface area contributed by atoms with Gasteiger partial charge in [-0.3, -0.25) is 24.6 Å². The molecular weight excluding hydrogens is 457 g/mol. The van der Waals surface area contributed by atoms with Gasteiger partial charge in [0.15, 0.2) is 0 Å². The Morgan fingerprint density at radius 2 is 1.79 bits per heavy atom. The average molecular weight is 484 g/mol. The molecule has 0 aromatic heterocycles. The molecule has 186 valence electrons. The molecule has 2 heterocycles. The lowest BCUT2D eigenvalue weighted by atomic mass is 9.78. The van der Waals surface area contributed by atoms with Crippen LogP contribution in [0.5, 0.6) is 0 Å². The lowest BCUT2D eigenvalue weighted by Gasteiger charge is -2.32. The molecule has 0 unspecified atom stereocenters. The largest absolute Gasteiger partial charge is 0.468 e. The molecule has 12 heteroatoms. The number of anilines is 1. The first-order valence-corrected chi connectivity index (χ1v) is 10.8. The van der Waals surface area contributed by atoms with Gasteiger partial charge in [-0.25, -0.2) is 4.79 Å². The van der Waals surface area contributed by atoms with Crippen molar-refractivity contribution in [2.75, 3.05) is 32.6 Å². The number of rotatable bonds is 6. The van der Waals surface area contributed by atoms with Crippen molar-refractivity contribution in [3.63, 3.8) is 0 Å². The predicted molar refractivity (Wildman–Crippen MR) is 114 cm³/mol. The standard InChI is InChI=1S/C22H27F3N4O5/c1-5-21(19(32)34-4)16-15(17(30)28(3)18(16)31)14(27-21)11-29(6-2)20(33)26-13-9-7-12(8-10-13)22(23,24)25/h7-10,14-16,27H,5-6,11H2,1-4H3,(H,26,33)/t14-,15+,16-,21-/m1/s1. The number of likely N-dealkylation sites (N-methyl/N-ethyl adjacent to an activating group) is 1. The lowest BCUT2D eigenvalue weighted by Crippen LogP contribution is -2.58. The Morgan fingerprint density at radius 3 is 2.29 bits per heavy atom. The number of benzene rings is 1. The van der Waals surface area contributed by atoms with E-state index in [-0.39, 0.29) is 25.2 Å². The van der Waals surface area contributed by atoms with Crippen LogP contribution in [0.2, 0.25) is 0 Å². The summed E-state index contributed by atoms with van der Waals surface area (Å²) in [6, 6.07) is 2.69. The number of esters is 1. The molecule has 2 aliphatic heterocycles. The summed E-state index contributed by atoms with van der Waals surface area (Å²) in [4.78, 5) is 53.6. The van der Waals surface area contributed by atoms with Gasteiger partial charge >= 0.3 is 18.2 Å². The number of carbonyl (C=O) groups excluding carboxylic acids is 4. The van der Waals surface area contributed by atoms with Gasteiger partial charge in [0.25, 0.3) is 0 Å². The number of hydrogen-bond acceptors (Lipinski definition) is 6. The van der Waals surface area contributed by atoms with E-state index in [1.165, 1.54) is 19.1 Å². The van der Waals surface area contributed by atoms with Gasteiger partial charge in [-0.1, -0.05) is 6.92 Å². The van der Waals surface area contributed by atoms with E-state index in [1.807, 2.05) is 0 Å². The first-order chi connectivity index (χ1) is 15.9. The van der Waals surface area contributed by atoms with E-state index in [0.717, 1.165) is 29.2 Å². The molecule has 2 fully saturated rings. The summed E-state index contributed by atoms with van der Waals surface area (Å²) >= 11 is 0. The predicted octanol–water partition coefficient (Wildman–Crippen LogP) is 2.08. The molecule has 4 amide bonds. The van der Waals surface area contributed by atoms with Gasteiger partial charge in [0.2, 0.25) is 11.8 Å². The average Bonchev–Trinajstić information content (AvgIpc) is 3.25. The third-order valence-electron chi connectivity index (χ3n) is 6.64. The summed E-state index contributed by atoms with van der Waals surface area (Å²) in [5.41, 5.74) is -2.09. The second-order valence-corrected chi connectivity index (χ2v) is 8.35. The van der Waals surface area contributed by atoms with Crippen molar-refractivity contribution in [1.29, 1.82) is 0 Å². The summed E-state index contributed by atoms with van der Waals surface area (Å²) in [5.74, 6) is -3.45. The maximum atomic E-state index is 12.9. The number of fused-ring (bicyclic) bond motifs is 1. The maximum absolute atomic E-state index is 12.9. The number of halogens is 3. The van der Waals surface area contributed by atoms with Crippen molar-refractivity contribution in [2.24, 2.45) is 11.8 Å². The van der Waals surface area contributed by atoms with Crippen LogP contribution in [0.4, 0.5) is 23.7 Å². The minimum atomic E-state index is -4.49.